The third-order valence-corrected chi connectivity index (χ3v) is 10.8. The van der Waals surface area contributed by atoms with Gasteiger partial charge in [-0.15, -0.1) is 0 Å². The molecule has 4 nitrogen and oxygen atoms in total. The van der Waals surface area contributed by atoms with Crippen molar-refractivity contribution in [3.63, 3.8) is 0 Å². The molecule has 256 valence electrons. The normalized spacial score (nSPS) is 11.6. The van der Waals surface area contributed by atoms with Gasteiger partial charge in [0.1, 0.15) is 0 Å². The number of hydrogen-bond acceptors (Lipinski definition) is 3. The number of rotatable bonds is 5. The Morgan fingerprint density at radius 3 is 1.73 bits per heavy atom. The first-order chi connectivity index (χ1) is 27.3. The molecule has 9 aromatic carbocycles. The van der Waals surface area contributed by atoms with E-state index in [9.17, 15) is 0 Å². The predicted molar refractivity (Wildman–Crippen MR) is 228 cm³/mol. The maximum atomic E-state index is 5.49. The molecule has 0 spiro atoms. The van der Waals surface area contributed by atoms with Gasteiger partial charge in [0.05, 0.1) is 11.0 Å². The molecule has 0 saturated heterocycles. The lowest BCUT2D eigenvalue weighted by Gasteiger charge is -2.16. The van der Waals surface area contributed by atoms with Gasteiger partial charge in [-0.2, -0.15) is 0 Å². The van der Waals surface area contributed by atoms with Crippen molar-refractivity contribution in [1.29, 1.82) is 0 Å². The maximum Gasteiger partial charge on any atom is 0.165 e. The van der Waals surface area contributed by atoms with Crippen LogP contribution in [-0.2, 0) is 0 Å². The second kappa shape index (κ2) is 12.6. The standard InChI is InChI=1S/C51H32N4/c1-3-16-33(17-4-1)37-22-11-12-25-41(37)49-52-50(43-27-15-29-46-47(43)42-26-13-14-28-45(42)55(46)36-20-5-2-6-21-36)54-51(53-49)48-39-24-10-8-19-35(39)32-44-38-23-9-7-18-34(38)30-31-40(44)48/h1-32H. The third-order valence-electron chi connectivity index (χ3n) is 10.8. The molecule has 2 heterocycles. The Morgan fingerprint density at radius 2 is 0.909 bits per heavy atom. The highest BCUT2D eigenvalue weighted by molar-refractivity contribution is 6.20. The largest absolute Gasteiger partial charge is 0.309 e. The zero-order valence-electron chi connectivity index (χ0n) is 29.8. The number of benzene rings is 9. The van der Waals surface area contributed by atoms with E-state index in [0.717, 1.165) is 71.5 Å². The summed E-state index contributed by atoms with van der Waals surface area (Å²) >= 11 is 0. The summed E-state index contributed by atoms with van der Waals surface area (Å²) in [5, 5.41) is 9.18. The fraction of sp³-hybridized carbons (Fsp3) is 0. The first-order valence-electron chi connectivity index (χ1n) is 18.6. The Morgan fingerprint density at radius 1 is 0.327 bits per heavy atom. The first kappa shape index (κ1) is 31.1. The zero-order valence-corrected chi connectivity index (χ0v) is 29.8. The maximum absolute atomic E-state index is 5.49. The van der Waals surface area contributed by atoms with Crippen molar-refractivity contribution in [3.05, 3.63) is 194 Å². The topological polar surface area (TPSA) is 43.6 Å². The minimum atomic E-state index is 0.630. The molecule has 11 aromatic rings. The van der Waals surface area contributed by atoms with Crippen LogP contribution in [0.1, 0.15) is 0 Å². The van der Waals surface area contributed by atoms with Crippen molar-refractivity contribution in [2.45, 2.75) is 0 Å². The monoisotopic (exact) mass is 700 g/mol. The molecular formula is C51H32N4. The highest BCUT2D eigenvalue weighted by Crippen LogP contribution is 2.42. The number of hydrogen-bond donors (Lipinski definition) is 0. The van der Waals surface area contributed by atoms with Crippen LogP contribution in [0.3, 0.4) is 0 Å². The van der Waals surface area contributed by atoms with E-state index in [2.05, 4.69) is 193 Å². The Labute approximate surface area is 317 Å². The first-order valence-corrected chi connectivity index (χ1v) is 18.6. The second-order valence-electron chi connectivity index (χ2n) is 14.0. The van der Waals surface area contributed by atoms with Crippen molar-refractivity contribution in [2.75, 3.05) is 0 Å². The number of aromatic nitrogens is 4. The molecule has 0 atom stereocenters. The van der Waals surface area contributed by atoms with Gasteiger partial charge in [0.25, 0.3) is 0 Å². The molecule has 0 aliphatic heterocycles. The molecular weight excluding hydrogens is 669 g/mol. The summed E-state index contributed by atoms with van der Waals surface area (Å²) < 4.78 is 2.34. The summed E-state index contributed by atoms with van der Waals surface area (Å²) in [4.78, 5) is 16.3. The summed E-state index contributed by atoms with van der Waals surface area (Å²) in [6.45, 7) is 0. The molecule has 0 bridgehead atoms. The fourth-order valence-electron chi connectivity index (χ4n) is 8.40. The minimum absolute atomic E-state index is 0.630. The lowest BCUT2D eigenvalue weighted by atomic mass is 9.93. The molecule has 11 rings (SSSR count). The molecule has 0 aliphatic carbocycles. The van der Waals surface area contributed by atoms with E-state index in [1.807, 2.05) is 6.07 Å². The van der Waals surface area contributed by atoms with Crippen LogP contribution >= 0.6 is 0 Å². The summed E-state index contributed by atoms with van der Waals surface area (Å²) in [6.07, 6.45) is 0. The summed E-state index contributed by atoms with van der Waals surface area (Å²) in [6, 6.07) is 68.5. The third kappa shape index (κ3) is 5.03. The van der Waals surface area contributed by atoms with Crippen LogP contribution in [0.25, 0.3) is 105 Å². The van der Waals surface area contributed by atoms with E-state index < -0.39 is 0 Å². The SMILES string of the molecule is c1ccc(-c2ccccc2-c2nc(-c3c4ccccc4cc4c3ccc3ccccc34)nc(-c3cccc4c3c3ccccc3n4-c3ccccc3)n2)cc1. The van der Waals surface area contributed by atoms with Crippen molar-refractivity contribution < 1.29 is 0 Å². The van der Waals surface area contributed by atoms with Gasteiger partial charge < -0.3 is 4.57 Å². The van der Waals surface area contributed by atoms with Crippen molar-refractivity contribution in [2.24, 2.45) is 0 Å². The molecule has 55 heavy (non-hydrogen) atoms. The fourth-order valence-corrected chi connectivity index (χ4v) is 8.40. The van der Waals surface area contributed by atoms with Crippen LogP contribution in [0.15, 0.2) is 194 Å². The minimum Gasteiger partial charge on any atom is -0.309 e. The van der Waals surface area contributed by atoms with Gasteiger partial charge in [-0.1, -0.05) is 164 Å². The molecule has 2 aromatic heterocycles. The number of fused-ring (bicyclic) bond motifs is 7. The van der Waals surface area contributed by atoms with Gasteiger partial charge in [-0.25, -0.2) is 15.0 Å². The van der Waals surface area contributed by atoms with E-state index in [1.165, 1.54) is 16.2 Å². The Bertz CT molecular complexity index is 3260. The molecule has 0 unspecified atom stereocenters. The van der Waals surface area contributed by atoms with Crippen LogP contribution in [0, 0.1) is 0 Å². The highest BCUT2D eigenvalue weighted by atomic mass is 15.0. The highest BCUT2D eigenvalue weighted by Gasteiger charge is 2.22. The Balaban J connectivity index is 1.27. The zero-order chi connectivity index (χ0) is 36.3. The predicted octanol–water partition coefficient (Wildman–Crippen LogP) is 13.1. The van der Waals surface area contributed by atoms with E-state index in [1.54, 1.807) is 0 Å². The average Bonchev–Trinajstić information content (AvgIpc) is 3.60. The van der Waals surface area contributed by atoms with Gasteiger partial charge in [0.15, 0.2) is 17.5 Å². The van der Waals surface area contributed by atoms with Crippen molar-refractivity contribution in [1.82, 2.24) is 19.5 Å². The lowest BCUT2D eigenvalue weighted by molar-refractivity contribution is 1.08. The molecule has 0 radical (unpaired) electrons. The van der Waals surface area contributed by atoms with Crippen LogP contribution in [0.4, 0.5) is 0 Å². The summed E-state index contributed by atoms with van der Waals surface area (Å²) in [5.74, 6) is 1.90. The van der Waals surface area contributed by atoms with Gasteiger partial charge >= 0.3 is 0 Å². The summed E-state index contributed by atoms with van der Waals surface area (Å²) in [7, 11) is 0. The molecule has 4 heteroatoms. The molecule has 0 N–H and O–H groups in total. The average molecular weight is 701 g/mol. The lowest BCUT2D eigenvalue weighted by Crippen LogP contribution is -2.02. The van der Waals surface area contributed by atoms with E-state index in [0.29, 0.717) is 17.5 Å². The van der Waals surface area contributed by atoms with Gasteiger partial charge in [0, 0.05) is 33.2 Å². The van der Waals surface area contributed by atoms with Gasteiger partial charge in [0.2, 0.25) is 0 Å². The van der Waals surface area contributed by atoms with E-state index >= 15 is 0 Å². The van der Waals surface area contributed by atoms with Gasteiger partial charge in [-0.05, 0) is 73.8 Å². The van der Waals surface area contributed by atoms with Crippen LogP contribution in [0.5, 0.6) is 0 Å². The molecule has 0 aliphatic rings. The quantitative estimate of drug-likeness (QED) is 0.133. The van der Waals surface area contributed by atoms with E-state index in [4.69, 9.17) is 15.0 Å². The van der Waals surface area contributed by atoms with Crippen LogP contribution in [0.2, 0.25) is 0 Å². The second-order valence-corrected chi connectivity index (χ2v) is 14.0. The number of para-hydroxylation sites is 2. The number of nitrogens with zero attached hydrogens (tertiary/aromatic N) is 4. The van der Waals surface area contributed by atoms with Crippen molar-refractivity contribution in [3.8, 4) is 51.0 Å². The van der Waals surface area contributed by atoms with Crippen molar-refractivity contribution >= 4 is 54.1 Å². The van der Waals surface area contributed by atoms with Gasteiger partial charge in [-0.3, -0.25) is 0 Å². The Kier molecular flexibility index (Phi) is 7.14. The summed E-state index contributed by atoms with van der Waals surface area (Å²) in [5.41, 5.74) is 8.42. The molecule has 0 amide bonds. The van der Waals surface area contributed by atoms with Crippen LogP contribution in [-0.4, -0.2) is 19.5 Å². The Hall–Kier alpha value is -7.43. The van der Waals surface area contributed by atoms with Crippen LogP contribution < -0.4 is 0 Å². The van der Waals surface area contributed by atoms with E-state index in [-0.39, 0.29) is 0 Å². The molecule has 0 saturated carbocycles. The molecule has 0 fully saturated rings. The smallest absolute Gasteiger partial charge is 0.165 e.